The van der Waals surface area contributed by atoms with Crippen LogP contribution < -0.4 is 15.2 Å². The lowest BCUT2D eigenvalue weighted by molar-refractivity contribution is -0.154. The Labute approximate surface area is 118 Å². The Bertz CT molecular complexity index is 673. The van der Waals surface area contributed by atoms with Crippen LogP contribution in [0.3, 0.4) is 0 Å². The third-order valence-electron chi connectivity index (χ3n) is 2.79. The first-order valence-corrected chi connectivity index (χ1v) is 7.26. The number of hydrogen-bond acceptors (Lipinski definition) is 4. The molecule has 10 heteroatoms. The number of nitrogens with two attached hydrogens (primary N) is 1. The summed E-state index contributed by atoms with van der Waals surface area (Å²) in [7, 11) is -3.95. The maximum absolute atomic E-state index is 12.1. The van der Waals surface area contributed by atoms with Gasteiger partial charge in [0.15, 0.2) is 0 Å². The quantitative estimate of drug-likeness (QED) is 0.860. The maximum atomic E-state index is 12.1. The fraction of sp³-hybridized carbons (Fsp3) is 0.364. The predicted molar refractivity (Wildman–Crippen MR) is 64.9 cm³/mol. The van der Waals surface area contributed by atoms with Crippen LogP contribution in [0.4, 0.5) is 13.2 Å². The van der Waals surface area contributed by atoms with Crippen LogP contribution in [0, 0.1) is 0 Å². The van der Waals surface area contributed by atoms with Crippen molar-refractivity contribution in [3.8, 4) is 5.75 Å². The molecule has 0 aliphatic carbocycles. The Morgan fingerprint density at radius 2 is 2.10 bits per heavy atom. The van der Waals surface area contributed by atoms with Crippen molar-refractivity contribution in [3.63, 3.8) is 0 Å². The molecule has 1 unspecified atom stereocenters. The molecule has 1 atom stereocenters. The third-order valence-corrected chi connectivity index (χ3v) is 3.70. The summed E-state index contributed by atoms with van der Waals surface area (Å²) in [5.74, 6) is -0.926. The molecule has 1 heterocycles. The number of hydrogen-bond donors (Lipinski definition) is 2. The molecule has 0 saturated heterocycles. The highest BCUT2D eigenvalue weighted by Crippen LogP contribution is 2.34. The van der Waals surface area contributed by atoms with Gasteiger partial charge in [0.1, 0.15) is 18.8 Å². The van der Waals surface area contributed by atoms with Gasteiger partial charge in [-0.15, -0.1) is 0 Å². The van der Waals surface area contributed by atoms with E-state index in [2.05, 4.69) is 5.32 Å². The van der Waals surface area contributed by atoms with Gasteiger partial charge < -0.3 is 10.1 Å². The van der Waals surface area contributed by atoms with Gasteiger partial charge >= 0.3 is 6.18 Å². The lowest BCUT2D eigenvalue weighted by Crippen LogP contribution is -2.32. The van der Waals surface area contributed by atoms with E-state index >= 15 is 0 Å². The van der Waals surface area contributed by atoms with E-state index in [0.717, 1.165) is 0 Å². The van der Waals surface area contributed by atoms with Gasteiger partial charge in [-0.05, 0) is 18.2 Å². The Kier molecular flexibility index (Phi) is 3.85. The Hall–Kier alpha value is -1.81. The summed E-state index contributed by atoms with van der Waals surface area (Å²) in [6, 6.07) is 2.88. The molecule has 3 N–H and O–H groups in total. The number of amides is 1. The van der Waals surface area contributed by atoms with Crippen molar-refractivity contribution in [1.82, 2.24) is 5.32 Å². The lowest BCUT2D eigenvalue weighted by Gasteiger charge is -2.13. The molecule has 0 aromatic heterocycles. The van der Waals surface area contributed by atoms with Crippen LogP contribution in [-0.2, 0) is 14.8 Å². The van der Waals surface area contributed by atoms with Crippen molar-refractivity contribution in [2.24, 2.45) is 5.14 Å². The van der Waals surface area contributed by atoms with Gasteiger partial charge in [0.25, 0.3) is 0 Å². The standard InChI is InChI=1S/C11H11F3N2O4S/c12-11(13,14)4-10(17)16-8-5-20-9-2-1-6(3-7(8)9)21(15,18)19/h1-3,8H,4-5H2,(H,16,17)(H2,15,18,19). The van der Waals surface area contributed by atoms with Crippen LogP contribution in [0.5, 0.6) is 5.75 Å². The van der Waals surface area contributed by atoms with E-state index in [1.807, 2.05) is 0 Å². The van der Waals surface area contributed by atoms with Crippen molar-refractivity contribution in [1.29, 1.82) is 0 Å². The normalized spacial score (nSPS) is 18.0. The van der Waals surface area contributed by atoms with Crippen molar-refractivity contribution in [3.05, 3.63) is 23.8 Å². The minimum atomic E-state index is -4.62. The number of nitrogens with one attached hydrogen (secondary N) is 1. The van der Waals surface area contributed by atoms with Gasteiger partial charge in [-0.2, -0.15) is 13.2 Å². The maximum Gasteiger partial charge on any atom is 0.397 e. The molecule has 0 bridgehead atoms. The van der Waals surface area contributed by atoms with Crippen LogP contribution in [0.25, 0.3) is 0 Å². The Morgan fingerprint density at radius 1 is 1.43 bits per heavy atom. The number of carbonyl (C=O) groups excluding carboxylic acids is 1. The fourth-order valence-electron chi connectivity index (χ4n) is 1.92. The zero-order chi connectivity index (χ0) is 15.8. The highest BCUT2D eigenvalue weighted by atomic mass is 32.2. The molecule has 1 aromatic rings. The molecule has 2 rings (SSSR count). The van der Waals surface area contributed by atoms with E-state index in [4.69, 9.17) is 9.88 Å². The smallest absolute Gasteiger partial charge is 0.397 e. The van der Waals surface area contributed by atoms with Crippen LogP contribution in [-0.4, -0.2) is 27.1 Å². The predicted octanol–water partition coefficient (Wildman–Crippen LogP) is 0.836. The van der Waals surface area contributed by atoms with Gasteiger partial charge in [0.05, 0.1) is 10.9 Å². The van der Waals surface area contributed by atoms with Crippen LogP contribution >= 0.6 is 0 Å². The van der Waals surface area contributed by atoms with Gasteiger partial charge in [-0.3, -0.25) is 4.79 Å². The van der Waals surface area contributed by atoms with Crippen molar-refractivity contribution >= 4 is 15.9 Å². The van der Waals surface area contributed by atoms with Gasteiger partial charge in [-0.1, -0.05) is 0 Å². The molecule has 0 spiro atoms. The molecule has 116 valence electrons. The minimum absolute atomic E-state index is 0.0764. The van der Waals surface area contributed by atoms with Gasteiger partial charge in [-0.25, -0.2) is 13.6 Å². The zero-order valence-corrected chi connectivity index (χ0v) is 11.3. The fourth-order valence-corrected chi connectivity index (χ4v) is 2.47. The number of benzene rings is 1. The molecular formula is C11H11F3N2O4S. The summed E-state index contributed by atoms with van der Waals surface area (Å²) in [6.07, 6.45) is -6.23. The number of sulfonamides is 1. The molecular weight excluding hydrogens is 313 g/mol. The molecule has 1 aliphatic heterocycles. The molecule has 0 fully saturated rings. The number of alkyl halides is 3. The first-order chi connectivity index (χ1) is 9.56. The first kappa shape index (κ1) is 15.6. The number of halogens is 3. The minimum Gasteiger partial charge on any atom is -0.491 e. The average Bonchev–Trinajstić information content (AvgIpc) is 2.68. The van der Waals surface area contributed by atoms with E-state index < -0.39 is 34.6 Å². The van der Waals surface area contributed by atoms with E-state index in [0.29, 0.717) is 5.75 Å². The number of ether oxygens (including phenoxy) is 1. The topological polar surface area (TPSA) is 98.5 Å². The molecule has 6 nitrogen and oxygen atoms in total. The summed E-state index contributed by atoms with van der Waals surface area (Å²) in [6.45, 7) is -0.0764. The van der Waals surface area contributed by atoms with Gasteiger partial charge in [0, 0.05) is 5.56 Å². The second-order valence-corrected chi connectivity index (χ2v) is 6.03. The molecule has 1 aliphatic rings. The number of carbonyl (C=O) groups is 1. The van der Waals surface area contributed by atoms with Crippen LogP contribution in [0.1, 0.15) is 18.0 Å². The summed E-state index contributed by atoms with van der Waals surface area (Å²) in [4.78, 5) is 11.1. The molecule has 21 heavy (non-hydrogen) atoms. The summed E-state index contributed by atoms with van der Waals surface area (Å²) < 4.78 is 64.0. The van der Waals surface area contributed by atoms with E-state index in [1.165, 1.54) is 18.2 Å². The lowest BCUT2D eigenvalue weighted by atomic mass is 10.1. The second-order valence-electron chi connectivity index (χ2n) is 4.47. The van der Waals surface area contributed by atoms with Crippen molar-refractivity contribution in [2.45, 2.75) is 23.5 Å². The average molecular weight is 324 g/mol. The zero-order valence-electron chi connectivity index (χ0n) is 10.5. The van der Waals surface area contributed by atoms with E-state index in [9.17, 15) is 26.4 Å². The third kappa shape index (κ3) is 3.85. The Morgan fingerprint density at radius 3 is 2.67 bits per heavy atom. The van der Waals surface area contributed by atoms with Crippen molar-refractivity contribution < 1.29 is 31.1 Å². The SMILES string of the molecule is NS(=O)(=O)c1ccc2c(c1)C(NC(=O)CC(F)(F)F)CO2. The highest BCUT2D eigenvalue weighted by molar-refractivity contribution is 7.89. The Balaban J connectivity index is 2.19. The largest absolute Gasteiger partial charge is 0.491 e. The molecule has 0 saturated carbocycles. The second kappa shape index (κ2) is 5.19. The van der Waals surface area contributed by atoms with Crippen LogP contribution in [0.2, 0.25) is 0 Å². The molecule has 0 radical (unpaired) electrons. The number of rotatable bonds is 3. The monoisotopic (exact) mass is 324 g/mol. The molecule has 1 aromatic carbocycles. The molecule has 1 amide bonds. The van der Waals surface area contributed by atoms with Gasteiger partial charge in [0.2, 0.25) is 15.9 Å². The summed E-state index contributed by atoms with van der Waals surface area (Å²) >= 11 is 0. The first-order valence-electron chi connectivity index (χ1n) is 5.72. The summed E-state index contributed by atoms with van der Waals surface area (Å²) in [5.41, 5.74) is 0.275. The number of fused-ring (bicyclic) bond motifs is 1. The van der Waals surface area contributed by atoms with Crippen LogP contribution in [0.15, 0.2) is 23.1 Å². The summed E-state index contributed by atoms with van der Waals surface area (Å²) in [5, 5.41) is 7.13. The van der Waals surface area contributed by atoms with Crippen molar-refractivity contribution in [2.75, 3.05) is 6.61 Å². The van der Waals surface area contributed by atoms with E-state index in [-0.39, 0.29) is 17.1 Å². The van der Waals surface area contributed by atoms with E-state index in [1.54, 1.807) is 0 Å². The highest BCUT2D eigenvalue weighted by Gasteiger charge is 2.34. The number of primary sulfonamides is 1.